The van der Waals surface area contributed by atoms with E-state index in [0.29, 0.717) is 17.7 Å². The van der Waals surface area contributed by atoms with Crippen LogP contribution < -0.4 is 5.32 Å². The van der Waals surface area contributed by atoms with Gasteiger partial charge in [-0.2, -0.15) is 5.26 Å². The summed E-state index contributed by atoms with van der Waals surface area (Å²) in [6.45, 7) is 3.78. The number of halogens is 1. The first kappa shape index (κ1) is 15.5. The van der Waals surface area contributed by atoms with Crippen LogP contribution in [0.5, 0.6) is 0 Å². The zero-order chi connectivity index (χ0) is 14.5. The molecule has 0 aliphatic heterocycles. The highest BCUT2D eigenvalue weighted by Gasteiger charge is 2.33. The lowest BCUT2D eigenvalue weighted by Gasteiger charge is -2.29. The summed E-state index contributed by atoms with van der Waals surface area (Å²) in [4.78, 5) is 11.9. The predicted octanol–water partition coefficient (Wildman–Crippen LogP) is 3.46. The van der Waals surface area contributed by atoms with Crippen molar-refractivity contribution in [1.29, 1.82) is 5.26 Å². The van der Waals surface area contributed by atoms with Gasteiger partial charge in [0.25, 0.3) is 0 Å². The molecule has 0 heterocycles. The Kier molecular flexibility index (Phi) is 5.37. The van der Waals surface area contributed by atoms with Gasteiger partial charge in [0.2, 0.25) is 0 Å². The highest BCUT2D eigenvalue weighted by molar-refractivity contribution is 9.10. The van der Waals surface area contributed by atoms with Gasteiger partial charge in [-0.1, -0.05) is 29.3 Å². The van der Waals surface area contributed by atoms with Crippen molar-refractivity contribution in [2.24, 2.45) is 0 Å². The van der Waals surface area contributed by atoms with Crippen molar-refractivity contribution in [3.8, 4) is 6.07 Å². The highest BCUT2D eigenvalue weighted by atomic mass is 79.9. The molecule has 0 amide bonds. The number of carbonyl (C=O) groups excluding carboxylic acids is 1. The average Bonchev–Trinajstić information content (AvgIpc) is 2.38. The van der Waals surface area contributed by atoms with Crippen molar-refractivity contribution in [3.05, 3.63) is 28.2 Å². The monoisotopic (exact) mass is 324 g/mol. The predicted molar refractivity (Wildman–Crippen MR) is 77.8 cm³/mol. The topological polar surface area (TPSA) is 62.1 Å². The van der Waals surface area contributed by atoms with Crippen LogP contribution in [-0.2, 0) is 9.53 Å². The fraction of sp³-hybridized carbons (Fsp3) is 0.429. The number of nitrogens with zero attached hydrogens (tertiary/aromatic N) is 1. The fourth-order valence-corrected chi connectivity index (χ4v) is 2.32. The number of nitriles is 1. The summed E-state index contributed by atoms with van der Waals surface area (Å²) in [5, 5.41) is 12.3. The molecule has 4 nitrogen and oxygen atoms in total. The summed E-state index contributed by atoms with van der Waals surface area (Å²) in [5.41, 5.74) is 0.281. The number of anilines is 1. The van der Waals surface area contributed by atoms with Gasteiger partial charge in [0.15, 0.2) is 0 Å². The highest BCUT2D eigenvalue weighted by Crippen LogP contribution is 2.27. The van der Waals surface area contributed by atoms with Gasteiger partial charge >= 0.3 is 5.97 Å². The van der Waals surface area contributed by atoms with Crippen molar-refractivity contribution >= 4 is 27.6 Å². The Morgan fingerprint density at radius 2 is 2.26 bits per heavy atom. The second kappa shape index (κ2) is 6.58. The van der Waals surface area contributed by atoms with Crippen LogP contribution in [0.25, 0.3) is 0 Å². The Morgan fingerprint density at radius 1 is 1.58 bits per heavy atom. The van der Waals surface area contributed by atoms with E-state index in [1.807, 2.05) is 6.92 Å². The molecule has 0 radical (unpaired) electrons. The molecule has 0 bridgehead atoms. The second-order valence-corrected chi connectivity index (χ2v) is 5.42. The van der Waals surface area contributed by atoms with Gasteiger partial charge < -0.3 is 10.1 Å². The van der Waals surface area contributed by atoms with Gasteiger partial charge in [0, 0.05) is 4.47 Å². The summed E-state index contributed by atoms with van der Waals surface area (Å²) < 4.78 is 5.69. The SMILES string of the molecule is CCCC(C)(Nc1cc(Br)ccc1C#N)C(=O)OC. The van der Waals surface area contributed by atoms with Crippen molar-refractivity contribution < 1.29 is 9.53 Å². The lowest BCUT2D eigenvalue weighted by Crippen LogP contribution is -2.44. The minimum atomic E-state index is -0.837. The van der Waals surface area contributed by atoms with Gasteiger partial charge in [0.05, 0.1) is 18.4 Å². The van der Waals surface area contributed by atoms with E-state index in [1.54, 1.807) is 25.1 Å². The molecule has 1 aromatic rings. The summed E-state index contributed by atoms with van der Waals surface area (Å²) in [7, 11) is 1.37. The third-order valence-electron chi connectivity index (χ3n) is 2.90. The Balaban J connectivity index is 3.13. The fourth-order valence-electron chi connectivity index (χ4n) is 1.96. The smallest absolute Gasteiger partial charge is 0.331 e. The van der Waals surface area contributed by atoms with Crippen molar-refractivity contribution in [2.75, 3.05) is 12.4 Å². The van der Waals surface area contributed by atoms with Gasteiger partial charge in [-0.05, 0) is 31.5 Å². The number of nitrogens with one attached hydrogen (secondary N) is 1. The van der Waals surface area contributed by atoms with Crippen LogP contribution in [0.1, 0.15) is 32.3 Å². The zero-order valence-corrected chi connectivity index (χ0v) is 12.9. The molecule has 19 heavy (non-hydrogen) atoms. The Bertz CT molecular complexity index is 511. The summed E-state index contributed by atoms with van der Waals surface area (Å²) in [5.74, 6) is -0.335. The lowest BCUT2D eigenvalue weighted by molar-refractivity contribution is -0.145. The van der Waals surface area contributed by atoms with E-state index in [1.165, 1.54) is 7.11 Å². The number of hydrogen-bond donors (Lipinski definition) is 1. The van der Waals surface area contributed by atoms with E-state index < -0.39 is 5.54 Å². The zero-order valence-electron chi connectivity index (χ0n) is 11.3. The van der Waals surface area contributed by atoms with Crippen molar-refractivity contribution in [1.82, 2.24) is 0 Å². The molecule has 0 aliphatic carbocycles. The Labute approximate surface area is 121 Å². The van der Waals surface area contributed by atoms with Crippen molar-refractivity contribution in [3.63, 3.8) is 0 Å². The molecule has 102 valence electrons. The first-order chi connectivity index (χ1) is 8.96. The molecule has 0 fully saturated rings. The first-order valence-corrected chi connectivity index (χ1v) is 6.82. The molecule has 1 aromatic carbocycles. The number of esters is 1. The molecular weight excluding hydrogens is 308 g/mol. The third kappa shape index (κ3) is 3.71. The molecule has 0 saturated carbocycles. The number of hydrogen-bond acceptors (Lipinski definition) is 4. The van der Waals surface area contributed by atoms with E-state index in [0.717, 1.165) is 10.9 Å². The van der Waals surface area contributed by atoms with Crippen LogP contribution >= 0.6 is 15.9 Å². The molecule has 0 spiro atoms. The number of ether oxygens (including phenoxy) is 1. The molecule has 1 unspecified atom stereocenters. The first-order valence-electron chi connectivity index (χ1n) is 6.03. The van der Waals surface area contributed by atoms with Crippen LogP contribution in [0.3, 0.4) is 0 Å². The van der Waals surface area contributed by atoms with E-state index in [2.05, 4.69) is 27.3 Å². The molecule has 0 aliphatic rings. The summed E-state index contributed by atoms with van der Waals surface area (Å²) in [6.07, 6.45) is 1.45. The van der Waals surface area contributed by atoms with Crippen molar-refractivity contribution in [2.45, 2.75) is 32.2 Å². The van der Waals surface area contributed by atoms with Crippen LogP contribution in [0.15, 0.2) is 22.7 Å². The van der Waals surface area contributed by atoms with Crippen LogP contribution in [0.4, 0.5) is 5.69 Å². The lowest BCUT2D eigenvalue weighted by atomic mass is 9.95. The van der Waals surface area contributed by atoms with E-state index >= 15 is 0 Å². The van der Waals surface area contributed by atoms with Gasteiger partial charge in [0.1, 0.15) is 11.6 Å². The molecule has 1 rings (SSSR count). The maximum Gasteiger partial charge on any atom is 0.331 e. The van der Waals surface area contributed by atoms with Crippen LogP contribution in [0.2, 0.25) is 0 Å². The number of rotatable bonds is 5. The van der Waals surface area contributed by atoms with Gasteiger partial charge in [-0.3, -0.25) is 0 Å². The molecular formula is C14H17BrN2O2. The third-order valence-corrected chi connectivity index (χ3v) is 3.39. The minimum Gasteiger partial charge on any atom is -0.467 e. The van der Waals surface area contributed by atoms with Gasteiger partial charge in [-0.15, -0.1) is 0 Å². The summed E-state index contributed by atoms with van der Waals surface area (Å²) in [6, 6.07) is 7.39. The maximum atomic E-state index is 11.9. The molecule has 0 aromatic heterocycles. The molecule has 1 N–H and O–H groups in total. The van der Waals surface area contributed by atoms with Crippen LogP contribution in [0, 0.1) is 11.3 Å². The Hall–Kier alpha value is -1.54. The average molecular weight is 325 g/mol. The quantitative estimate of drug-likeness (QED) is 0.842. The van der Waals surface area contributed by atoms with E-state index in [9.17, 15) is 4.79 Å². The standard InChI is InChI=1S/C14H17BrN2O2/c1-4-7-14(2,13(18)19-3)17-12-8-11(15)6-5-10(12)9-16/h5-6,8,17H,4,7H2,1-3H3. The number of methoxy groups -OCH3 is 1. The normalized spacial score (nSPS) is 13.2. The molecule has 1 atom stereocenters. The minimum absolute atomic E-state index is 0.335. The second-order valence-electron chi connectivity index (χ2n) is 4.50. The largest absolute Gasteiger partial charge is 0.467 e. The summed E-state index contributed by atoms with van der Waals surface area (Å²) >= 11 is 3.36. The number of benzene rings is 1. The van der Waals surface area contributed by atoms with E-state index in [-0.39, 0.29) is 5.97 Å². The molecule has 0 saturated heterocycles. The Morgan fingerprint density at radius 3 is 2.79 bits per heavy atom. The number of carbonyl (C=O) groups is 1. The maximum absolute atomic E-state index is 11.9. The molecule has 5 heteroatoms. The van der Waals surface area contributed by atoms with E-state index in [4.69, 9.17) is 10.00 Å². The van der Waals surface area contributed by atoms with Gasteiger partial charge in [-0.25, -0.2) is 4.79 Å². The van der Waals surface area contributed by atoms with Crippen LogP contribution in [-0.4, -0.2) is 18.6 Å².